The van der Waals surface area contributed by atoms with Gasteiger partial charge in [-0.3, -0.25) is 9.79 Å². The summed E-state index contributed by atoms with van der Waals surface area (Å²) in [6.45, 7) is 2.95. The van der Waals surface area contributed by atoms with Crippen molar-refractivity contribution in [1.29, 1.82) is 0 Å². The van der Waals surface area contributed by atoms with Crippen LogP contribution in [0.3, 0.4) is 0 Å². The molecule has 0 fully saturated rings. The fourth-order valence-electron chi connectivity index (χ4n) is 2.87. The van der Waals surface area contributed by atoms with E-state index in [2.05, 4.69) is 20.3 Å². The average molecular weight is 423 g/mol. The minimum absolute atomic E-state index is 0.0381. The van der Waals surface area contributed by atoms with Crippen LogP contribution in [0.25, 0.3) is 0 Å². The first kappa shape index (κ1) is 21.5. The van der Waals surface area contributed by atoms with Crippen LogP contribution in [0, 0.1) is 5.82 Å². The van der Waals surface area contributed by atoms with Crippen molar-refractivity contribution in [3.8, 4) is 5.88 Å². The van der Waals surface area contributed by atoms with Crippen molar-refractivity contribution in [2.45, 2.75) is 31.9 Å². The number of alkyl halides is 2. The van der Waals surface area contributed by atoms with Crippen molar-refractivity contribution < 1.29 is 27.4 Å². The van der Waals surface area contributed by atoms with E-state index in [9.17, 15) is 18.0 Å². The van der Waals surface area contributed by atoms with Crippen molar-refractivity contribution in [3.05, 3.63) is 47.7 Å². The number of rotatable bonds is 6. The molecule has 0 bridgehead atoms. The van der Waals surface area contributed by atoms with Gasteiger partial charge < -0.3 is 20.5 Å². The zero-order valence-electron chi connectivity index (χ0n) is 16.2. The van der Waals surface area contributed by atoms with Gasteiger partial charge in [0.1, 0.15) is 24.0 Å². The van der Waals surface area contributed by atoms with E-state index >= 15 is 0 Å². The number of nitrogens with one attached hydrogen (secondary N) is 1. The first-order valence-electron chi connectivity index (χ1n) is 9.01. The van der Waals surface area contributed by atoms with Crippen molar-refractivity contribution in [2.24, 2.45) is 10.7 Å². The second kappa shape index (κ2) is 8.66. The number of amidine groups is 1. The molecule has 1 atom stereocenters. The van der Waals surface area contributed by atoms with Crippen LogP contribution in [0.1, 0.15) is 29.9 Å². The monoisotopic (exact) mass is 423 g/mol. The molecule has 3 rings (SSSR count). The summed E-state index contributed by atoms with van der Waals surface area (Å²) in [4.78, 5) is 24.1. The predicted octanol–water partition coefficient (Wildman–Crippen LogP) is 2.50. The second-order valence-corrected chi connectivity index (χ2v) is 6.88. The van der Waals surface area contributed by atoms with E-state index in [4.69, 9.17) is 15.2 Å². The van der Waals surface area contributed by atoms with Gasteiger partial charge in [0.2, 0.25) is 5.88 Å². The van der Waals surface area contributed by atoms with Gasteiger partial charge in [-0.05, 0) is 32.0 Å². The normalized spacial score (nSPS) is 19.0. The third-order valence-electron chi connectivity index (χ3n) is 4.18. The van der Waals surface area contributed by atoms with Gasteiger partial charge in [0.15, 0.2) is 5.54 Å². The van der Waals surface area contributed by atoms with Crippen molar-refractivity contribution in [1.82, 2.24) is 9.97 Å². The number of nitrogens with zero attached hydrogens (tertiary/aromatic N) is 3. The number of halogens is 3. The van der Waals surface area contributed by atoms with Crippen LogP contribution in [-0.4, -0.2) is 47.5 Å². The molecule has 1 aliphatic heterocycles. The highest BCUT2D eigenvalue weighted by atomic mass is 19.3. The number of ether oxygens (including phenoxy) is 2. The molecule has 2 aromatic rings. The molecule has 30 heavy (non-hydrogen) atoms. The maximum absolute atomic E-state index is 14.4. The molecular weight excluding hydrogens is 403 g/mol. The number of hydrogen-bond donors (Lipinski definition) is 2. The van der Waals surface area contributed by atoms with Crippen LogP contribution in [-0.2, 0) is 10.3 Å². The third-order valence-corrected chi connectivity index (χ3v) is 4.18. The topological polar surface area (TPSA) is 112 Å². The van der Waals surface area contributed by atoms with Gasteiger partial charge in [0.05, 0.1) is 25.1 Å². The molecule has 1 aliphatic rings. The Morgan fingerprint density at radius 1 is 1.30 bits per heavy atom. The van der Waals surface area contributed by atoms with Crippen LogP contribution >= 0.6 is 0 Å². The lowest BCUT2D eigenvalue weighted by Gasteiger charge is -2.33. The van der Waals surface area contributed by atoms with E-state index in [0.717, 1.165) is 12.1 Å². The minimum atomic E-state index is -3.09. The van der Waals surface area contributed by atoms with E-state index in [1.54, 1.807) is 0 Å². The number of aromatic nitrogens is 2. The molecule has 2 heterocycles. The number of amides is 1. The summed E-state index contributed by atoms with van der Waals surface area (Å²) < 4.78 is 52.6. The SMILES string of the molecule is CC(C)Oc1cnc(C(=O)Nc2ccc(F)c([C@]3(C(F)F)COCC(N)=N3)c2)cn1. The van der Waals surface area contributed by atoms with Gasteiger partial charge in [-0.15, -0.1) is 0 Å². The Balaban J connectivity index is 1.86. The fraction of sp³-hybridized carbons (Fsp3) is 0.368. The van der Waals surface area contributed by atoms with Crippen LogP contribution in [0.5, 0.6) is 5.88 Å². The van der Waals surface area contributed by atoms with Gasteiger partial charge in [0.25, 0.3) is 12.3 Å². The Kier molecular flexibility index (Phi) is 6.20. The molecule has 8 nitrogen and oxygen atoms in total. The fourth-order valence-corrected chi connectivity index (χ4v) is 2.87. The summed E-state index contributed by atoms with van der Waals surface area (Å²) >= 11 is 0. The summed E-state index contributed by atoms with van der Waals surface area (Å²) in [5.41, 5.74) is 2.84. The second-order valence-electron chi connectivity index (χ2n) is 6.88. The van der Waals surface area contributed by atoms with E-state index in [-0.39, 0.29) is 35.8 Å². The largest absolute Gasteiger partial charge is 0.474 e. The maximum Gasteiger partial charge on any atom is 0.275 e. The smallest absolute Gasteiger partial charge is 0.275 e. The van der Waals surface area contributed by atoms with E-state index in [1.807, 2.05) is 13.8 Å². The molecule has 0 saturated heterocycles. The Bertz CT molecular complexity index is 953. The van der Waals surface area contributed by atoms with Crippen LogP contribution in [0.4, 0.5) is 18.9 Å². The maximum atomic E-state index is 14.4. The predicted molar refractivity (Wildman–Crippen MR) is 102 cm³/mol. The molecule has 1 aromatic heterocycles. The van der Waals surface area contributed by atoms with Gasteiger partial charge in [-0.2, -0.15) is 0 Å². The van der Waals surface area contributed by atoms with Gasteiger partial charge in [-0.1, -0.05) is 0 Å². The first-order chi connectivity index (χ1) is 14.2. The number of carbonyl (C=O) groups is 1. The zero-order chi connectivity index (χ0) is 21.9. The van der Waals surface area contributed by atoms with E-state index < -0.39 is 35.9 Å². The molecule has 0 unspecified atom stereocenters. The molecule has 0 aliphatic carbocycles. The standard InChI is InChI=1S/C19H20F3N5O3/c1-10(2)30-16-7-24-14(6-25-16)17(28)26-11-3-4-13(20)12(5-11)19(18(21)22)9-29-8-15(23)27-19/h3-7,10,18H,8-9H2,1-2H3,(H2,23,27)(H,26,28)/t19-/m0/s1. The lowest BCUT2D eigenvalue weighted by atomic mass is 9.90. The average Bonchev–Trinajstić information content (AvgIpc) is 2.69. The number of benzene rings is 1. The van der Waals surface area contributed by atoms with Gasteiger partial charge in [-0.25, -0.2) is 23.1 Å². The number of anilines is 1. The minimum Gasteiger partial charge on any atom is -0.474 e. The van der Waals surface area contributed by atoms with E-state index in [1.165, 1.54) is 18.5 Å². The van der Waals surface area contributed by atoms with Gasteiger partial charge >= 0.3 is 0 Å². The Labute approximate surface area is 170 Å². The number of aliphatic imine (C=N–C) groups is 1. The summed E-state index contributed by atoms with van der Waals surface area (Å²) in [6, 6.07) is 3.27. The number of nitrogens with two attached hydrogens (primary N) is 1. The summed E-state index contributed by atoms with van der Waals surface area (Å²) in [6.07, 6.45) is -0.707. The lowest BCUT2D eigenvalue weighted by molar-refractivity contribution is -0.0145. The van der Waals surface area contributed by atoms with Crippen molar-refractivity contribution in [2.75, 3.05) is 18.5 Å². The number of carbonyl (C=O) groups excluding carboxylic acids is 1. The quantitative estimate of drug-likeness (QED) is 0.739. The highest BCUT2D eigenvalue weighted by molar-refractivity contribution is 6.02. The Morgan fingerprint density at radius 2 is 2.07 bits per heavy atom. The molecule has 0 saturated carbocycles. The Morgan fingerprint density at radius 3 is 2.67 bits per heavy atom. The molecule has 0 spiro atoms. The summed E-state index contributed by atoms with van der Waals surface area (Å²) in [5.74, 6) is -1.51. The molecule has 1 aromatic carbocycles. The molecule has 11 heteroatoms. The Hall–Kier alpha value is -3.21. The molecule has 1 amide bonds. The number of hydrogen-bond acceptors (Lipinski definition) is 7. The lowest BCUT2D eigenvalue weighted by Crippen LogP contribution is -2.45. The van der Waals surface area contributed by atoms with Crippen LogP contribution in [0.2, 0.25) is 0 Å². The molecule has 0 radical (unpaired) electrons. The first-order valence-corrected chi connectivity index (χ1v) is 9.01. The molecule has 160 valence electrons. The van der Waals surface area contributed by atoms with Crippen LogP contribution < -0.4 is 15.8 Å². The summed E-state index contributed by atoms with van der Waals surface area (Å²) in [5, 5.41) is 2.48. The zero-order valence-corrected chi connectivity index (χ0v) is 16.2. The highest BCUT2D eigenvalue weighted by Gasteiger charge is 2.46. The van der Waals surface area contributed by atoms with Gasteiger partial charge in [0, 0.05) is 11.3 Å². The molecular formula is C19H20F3N5O3. The van der Waals surface area contributed by atoms with Crippen molar-refractivity contribution in [3.63, 3.8) is 0 Å². The van der Waals surface area contributed by atoms with E-state index in [0.29, 0.717) is 0 Å². The molecule has 3 N–H and O–H groups in total. The van der Waals surface area contributed by atoms with Crippen molar-refractivity contribution >= 4 is 17.4 Å². The highest BCUT2D eigenvalue weighted by Crippen LogP contribution is 2.38. The summed E-state index contributed by atoms with van der Waals surface area (Å²) in [7, 11) is 0. The third kappa shape index (κ3) is 4.51. The van der Waals surface area contributed by atoms with Crippen LogP contribution in [0.15, 0.2) is 35.6 Å².